The lowest BCUT2D eigenvalue weighted by atomic mass is 9.81. The molecule has 170 valence electrons. The van der Waals surface area contributed by atoms with Gasteiger partial charge in [0.2, 0.25) is 0 Å². The second kappa shape index (κ2) is 11.2. The van der Waals surface area contributed by atoms with E-state index in [1.54, 1.807) is 18.4 Å². The van der Waals surface area contributed by atoms with Crippen LogP contribution in [0.1, 0.15) is 24.8 Å². The number of aliphatic carboxylic acids is 1. The molecule has 1 aliphatic rings. The van der Waals surface area contributed by atoms with Crippen LogP contribution in [0.25, 0.3) is 10.9 Å². The van der Waals surface area contributed by atoms with Crippen molar-refractivity contribution in [2.45, 2.75) is 29.9 Å². The van der Waals surface area contributed by atoms with Crippen LogP contribution in [0.15, 0.2) is 52.2 Å². The van der Waals surface area contributed by atoms with Gasteiger partial charge in [-0.3, -0.25) is 9.78 Å². The van der Waals surface area contributed by atoms with Crippen molar-refractivity contribution in [3.05, 3.63) is 53.5 Å². The van der Waals surface area contributed by atoms with Gasteiger partial charge in [-0.05, 0) is 79.4 Å². The molecule has 0 radical (unpaired) electrons. The maximum atomic E-state index is 12.0. The van der Waals surface area contributed by atoms with Crippen molar-refractivity contribution in [2.75, 3.05) is 32.5 Å². The fourth-order valence-electron chi connectivity index (χ4n) is 4.60. The van der Waals surface area contributed by atoms with Gasteiger partial charge in [-0.15, -0.1) is 23.1 Å². The first-order chi connectivity index (χ1) is 15.6. The summed E-state index contributed by atoms with van der Waals surface area (Å²) in [7, 11) is 1.68. The molecule has 5 nitrogen and oxygen atoms in total. The third-order valence-electron chi connectivity index (χ3n) is 6.36. The highest BCUT2D eigenvalue weighted by Crippen LogP contribution is 2.31. The number of likely N-dealkylation sites (tertiary alicyclic amines) is 1. The summed E-state index contributed by atoms with van der Waals surface area (Å²) in [5.41, 5.74) is 2.23. The molecule has 0 spiro atoms. The molecule has 0 unspecified atom stereocenters. The number of rotatable bonds is 10. The Labute approximate surface area is 197 Å². The zero-order chi connectivity index (χ0) is 22.3. The number of nitrogens with zero attached hydrogens (tertiary/aromatic N) is 2. The number of thioether (sulfide) groups is 1. The highest BCUT2D eigenvalue weighted by atomic mass is 32.2. The molecule has 2 atom stereocenters. The summed E-state index contributed by atoms with van der Waals surface area (Å²) < 4.78 is 6.71. The average molecular weight is 471 g/mol. The zero-order valence-electron chi connectivity index (χ0n) is 18.4. The number of ether oxygens (including phenoxy) is 1. The maximum absolute atomic E-state index is 12.0. The van der Waals surface area contributed by atoms with E-state index in [0.29, 0.717) is 6.54 Å². The van der Waals surface area contributed by atoms with Gasteiger partial charge in [-0.25, -0.2) is 0 Å². The van der Waals surface area contributed by atoms with Gasteiger partial charge in [0.25, 0.3) is 0 Å². The van der Waals surface area contributed by atoms with Crippen LogP contribution in [-0.4, -0.2) is 53.5 Å². The fraction of sp³-hybridized carbons (Fsp3) is 0.440. The van der Waals surface area contributed by atoms with E-state index in [4.69, 9.17) is 4.74 Å². The summed E-state index contributed by atoms with van der Waals surface area (Å²) >= 11 is 3.63. The van der Waals surface area contributed by atoms with Gasteiger partial charge < -0.3 is 14.7 Å². The summed E-state index contributed by atoms with van der Waals surface area (Å²) in [5.74, 6) is 1.17. The van der Waals surface area contributed by atoms with E-state index in [2.05, 4.69) is 33.5 Å². The maximum Gasteiger partial charge on any atom is 0.308 e. The molecule has 1 saturated heterocycles. The SMILES string of the molecule is COc1ccc2nccc(CCC[C@@H]3CCN(CCSc4cccs4)C[C@@H]3C(=O)O)c2c1. The molecular weight excluding hydrogens is 440 g/mol. The second-order valence-corrected chi connectivity index (χ2v) is 10.7. The third kappa shape index (κ3) is 5.82. The van der Waals surface area contributed by atoms with Crippen LogP contribution < -0.4 is 4.74 Å². The zero-order valence-corrected chi connectivity index (χ0v) is 20.0. The van der Waals surface area contributed by atoms with Gasteiger partial charge >= 0.3 is 5.97 Å². The predicted octanol–water partition coefficient (Wildman–Crippen LogP) is 5.44. The number of piperidine rings is 1. The molecule has 2 aromatic heterocycles. The van der Waals surface area contributed by atoms with Gasteiger partial charge in [-0.2, -0.15) is 0 Å². The van der Waals surface area contributed by atoms with E-state index < -0.39 is 5.97 Å². The van der Waals surface area contributed by atoms with Gasteiger partial charge in [0, 0.05) is 30.4 Å². The summed E-state index contributed by atoms with van der Waals surface area (Å²) in [6.07, 6.45) is 5.68. The van der Waals surface area contributed by atoms with E-state index in [0.717, 1.165) is 61.2 Å². The second-order valence-electron chi connectivity index (χ2n) is 8.32. The number of carbonyl (C=O) groups is 1. The number of thiophene rings is 1. The van der Waals surface area contributed by atoms with E-state index in [9.17, 15) is 9.90 Å². The molecule has 1 fully saturated rings. The number of hydrogen-bond acceptors (Lipinski definition) is 6. The first kappa shape index (κ1) is 23.1. The molecule has 3 heterocycles. The Morgan fingerprint density at radius 3 is 3.03 bits per heavy atom. The fourth-order valence-corrected chi connectivity index (χ4v) is 6.46. The molecular formula is C25H30N2O3S2. The minimum Gasteiger partial charge on any atom is -0.497 e. The molecule has 0 saturated carbocycles. The van der Waals surface area contributed by atoms with E-state index >= 15 is 0 Å². The van der Waals surface area contributed by atoms with Crippen molar-refractivity contribution < 1.29 is 14.6 Å². The Balaban J connectivity index is 1.30. The minimum atomic E-state index is -0.648. The molecule has 1 N–H and O–H groups in total. The summed E-state index contributed by atoms with van der Waals surface area (Å²) in [6, 6.07) is 12.3. The summed E-state index contributed by atoms with van der Waals surface area (Å²) in [4.78, 5) is 18.8. The lowest BCUT2D eigenvalue weighted by Crippen LogP contribution is -2.44. The topological polar surface area (TPSA) is 62.7 Å². The largest absolute Gasteiger partial charge is 0.497 e. The van der Waals surface area contributed by atoms with Crippen molar-refractivity contribution >= 4 is 40.0 Å². The van der Waals surface area contributed by atoms with Crippen LogP contribution in [0.5, 0.6) is 5.75 Å². The summed E-state index contributed by atoms with van der Waals surface area (Å²) in [5, 5.41) is 13.1. The average Bonchev–Trinajstić information content (AvgIpc) is 3.33. The Bertz CT molecular complexity index is 1030. The Morgan fingerprint density at radius 2 is 2.25 bits per heavy atom. The number of aryl methyl sites for hydroxylation is 1. The number of benzene rings is 1. The van der Waals surface area contributed by atoms with Crippen molar-refractivity contribution in [2.24, 2.45) is 11.8 Å². The van der Waals surface area contributed by atoms with Gasteiger partial charge in [0.1, 0.15) is 5.75 Å². The van der Waals surface area contributed by atoms with E-state index in [1.807, 2.05) is 36.2 Å². The number of carboxylic acids is 1. The molecule has 1 aliphatic heterocycles. The van der Waals surface area contributed by atoms with E-state index in [1.165, 1.54) is 9.77 Å². The molecule has 1 aromatic carbocycles. The normalized spacial score (nSPS) is 19.3. The molecule has 0 aliphatic carbocycles. The smallest absolute Gasteiger partial charge is 0.308 e. The Hall–Kier alpha value is -2.09. The Kier molecular flexibility index (Phi) is 8.05. The number of aromatic nitrogens is 1. The van der Waals surface area contributed by atoms with Crippen molar-refractivity contribution in [1.29, 1.82) is 0 Å². The Morgan fingerprint density at radius 1 is 1.34 bits per heavy atom. The molecule has 0 bridgehead atoms. The lowest BCUT2D eigenvalue weighted by molar-refractivity contribution is -0.146. The molecule has 3 aromatic rings. The molecule has 32 heavy (non-hydrogen) atoms. The van der Waals surface area contributed by atoms with Crippen LogP contribution >= 0.6 is 23.1 Å². The molecule has 4 rings (SSSR count). The van der Waals surface area contributed by atoms with Gasteiger partial charge in [-0.1, -0.05) is 6.07 Å². The highest BCUT2D eigenvalue weighted by Gasteiger charge is 2.33. The quantitative estimate of drug-likeness (QED) is 0.398. The van der Waals surface area contributed by atoms with Crippen molar-refractivity contribution in [1.82, 2.24) is 9.88 Å². The number of methoxy groups -OCH3 is 1. The lowest BCUT2D eigenvalue weighted by Gasteiger charge is -2.36. The third-order valence-corrected chi connectivity index (χ3v) is 8.48. The van der Waals surface area contributed by atoms with Gasteiger partial charge in [0.05, 0.1) is 22.8 Å². The first-order valence-electron chi connectivity index (χ1n) is 11.2. The van der Waals surface area contributed by atoms with Crippen LogP contribution in [0, 0.1) is 11.8 Å². The number of carboxylic acid groups (broad SMARTS) is 1. The van der Waals surface area contributed by atoms with Gasteiger partial charge in [0.15, 0.2) is 0 Å². The van der Waals surface area contributed by atoms with E-state index in [-0.39, 0.29) is 11.8 Å². The standard InChI is InChI=1S/C25H30N2O3S2/c1-30-20-7-8-23-21(16-20)18(9-11-26-23)4-2-5-19-10-12-27(17-22(19)25(28)29)13-15-32-24-6-3-14-31-24/h3,6-9,11,14,16,19,22H,2,4-5,10,12-13,15,17H2,1H3,(H,28,29)/t19-,22+/m1/s1. The van der Waals surface area contributed by atoms with Crippen LogP contribution in [-0.2, 0) is 11.2 Å². The number of pyridine rings is 1. The monoisotopic (exact) mass is 470 g/mol. The number of fused-ring (bicyclic) bond motifs is 1. The first-order valence-corrected chi connectivity index (χ1v) is 13.0. The van der Waals surface area contributed by atoms with Crippen LogP contribution in [0.4, 0.5) is 0 Å². The minimum absolute atomic E-state index is 0.247. The summed E-state index contributed by atoms with van der Waals surface area (Å²) in [6.45, 7) is 2.61. The van der Waals surface area contributed by atoms with Crippen LogP contribution in [0.2, 0.25) is 0 Å². The van der Waals surface area contributed by atoms with Crippen LogP contribution in [0.3, 0.4) is 0 Å². The highest BCUT2D eigenvalue weighted by molar-refractivity contribution is 8.01. The molecule has 0 amide bonds. The predicted molar refractivity (Wildman–Crippen MR) is 132 cm³/mol. The number of hydrogen-bond donors (Lipinski definition) is 1. The van der Waals surface area contributed by atoms with Crippen molar-refractivity contribution in [3.63, 3.8) is 0 Å². The van der Waals surface area contributed by atoms with Crippen molar-refractivity contribution in [3.8, 4) is 5.75 Å². The molecule has 7 heteroatoms.